The van der Waals surface area contributed by atoms with Gasteiger partial charge in [-0.2, -0.15) is 0 Å². The molecule has 2 aromatic rings. The molecule has 2 saturated carbocycles. The fraction of sp³-hybridized carbons (Fsp3) is 0.595. The number of allylic oxidation sites excluding steroid dienone is 4. The number of carbonyl (C=O) groups excluding carboxylic acids is 1. The minimum Gasteiger partial charge on any atom is -0.387 e. The number of ether oxygens (including phenoxy) is 1. The molecule has 0 bridgehead atoms. The minimum atomic E-state index is -1.27. The van der Waals surface area contributed by atoms with Gasteiger partial charge < -0.3 is 19.9 Å². The summed E-state index contributed by atoms with van der Waals surface area (Å²) >= 11 is 0. The molecule has 5 nitrogen and oxygen atoms in total. The molecule has 6 atom stereocenters. The summed E-state index contributed by atoms with van der Waals surface area (Å²) in [6.45, 7) is 16.5. The number of hydrogen-bond donors (Lipinski definition) is 3. The molecular weight excluding hydrogens is 522 g/mol. The molecule has 5 heteroatoms. The summed E-state index contributed by atoms with van der Waals surface area (Å²) in [5.41, 5.74) is 6.81. The molecule has 1 aliphatic heterocycles. The van der Waals surface area contributed by atoms with Crippen LogP contribution in [0.1, 0.15) is 103 Å². The van der Waals surface area contributed by atoms with Crippen LogP contribution < -0.4 is 0 Å². The molecule has 0 unspecified atom stereocenters. The van der Waals surface area contributed by atoms with E-state index in [1.54, 1.807) is 19.9 Å². The summed E-state index contributed by atoms with van der Waals surface area (Å²) < 4.78 is 6.25. The highest BCUT2D eigenvalue weighted by atomic mass is 16.5. The van der Waals surface area contributed by atoms with Crippen molar-refractivity contribution < 1.29 is 19.7 Å². The first-order valence-corrected chi connectivity index (χ1v) is 15.9. The van der Waals surface area contributed by atoms with Crippen molar-refractivity contribution in [3.8, 4) is 0 Å². The van der Waals surface area contributed by atoms with Gasteiger partial charge in [0.25, 0.3) is 0 Å². The number of aromatic nitrogens is 1. The Balaban J connectivity index is 1.46. The van der Waals surface area contributed by atoms with Crippen LogP contribution >= 0.6 is 0 Å². The van der Waals surface area contributed by atoms with Crippen molar-refractivity contribution in [2.24, 2.45) is 11.3 Å². The normalized spacial score (nSPS) is 33.8. The van der Waals surface area contributed by atoms with Crippen LogP contribution in [-0.4, -0.2) is 44.4 Å². The van der Waals surface area contributed by atoms with E-state index < -0.39 is 22.7 Å². The van der Waals surface area contributed by atoms with Gasteiger partial charge in [0.05, 0.1) is 17.3 Å². The molecular formula is C37H49NO4. The highest BCUT2D eigenvalue weighted by molar-refractivity contribution is 5.96. The SMILES string of the molecule is CC(C)=CCc1cc2[nH]c3c(c2cc1CC=C(C)C)C[C@@H]1CC[C@@]2(O)C4=CC(=O)[C@@H](C(C)(C)O)O[C@H]4CC[C@]2(C)[C@@]31C. The molecule has 42 heavy (non-hydrogen) atoms. The predicted molar refractivity (Wildman–Crippen MR) is 169 cm³/mol. The highest BCUT2D eigenvalue weighted by Crippen LogP contribution is 2.69. The third kappa shape index (κ3) is 4.17. The molecule has 226 valence electrons. The van der Waals surface area contributed by atoms with Crippen LogP contribution in [-0.2, 0) is 34.2 Å². The highest BCUT2D eigenvalue weighted by Gasteiger charge is 2.70. The van der Waals surface area contributed by atoms with Crippen LogP contribution in [0.15, 0.2) is 47.1 Å². The van der Waals surface area contributed by atoms with E-state index >= 15 is 0 Å². The van der Waals surface area contributed by atoms with Crippen LogP contribution in [0.3, 0.4) is 0 Å². The predicted octanol–water partition coefficient (Wildman–Crippen LogP) is 6.97. The van der Waals surface area contributed by atoms with Crippen molar-refractivity contribution >= 4 is 16.7 Å². The Morgan fingerprint density at radius 2 is 1.69 bits per heavy atom. The number of benzene rings is 1. The zero-order valence-corrected chi connectivity index (χ0v) is 26.8. The summed E-state index contributed by atoms with van der Waals surface area (Å²) in [7, 11) is 0. The maximum Gasteiger partial charge on any atom is 0.187 e. The topological polar surface area (TPSA) is 82.5 Å². The minimum absolute atomic E-state index is 0.246. The van der Waals surface area contributed by atoms with Gasteiger partial charge in [-0.1, -0.05) is 37.1 Å². The fourth-order valence-corrected chi connectivity index (χ4v) is 9.01. The Bertz CT molecular complexity index is 1540. The number of aromatic amines is 1. The van der Waals surface area contributed by atoms with Crippen molar-refractivity contribution in [3.63, 3.8) is 0 Å². The Morgan fingerprint density at radius 3 is 2.31 bits per heavy atom. The number of H-pyrrole nitrogens is 1. The standard InChI is InChI=1S/C37H49NO4/c1-21(2)9-11-23-17-26-27-19-25-13-16-37(41)28-20-30(39)33(34(5,6)40)42-31(28)14-15-35(37,7)36(25,8)32(27)38-29(26)18-24(23)12-10-22(3)4/h9-10,17-18,20,25,31,33,38,40-41H,11-16,19H2,1-8H3/t25-,31-,33-,35+,36+,37+/m0/s1. The van der Waals surface area contributed by atoms with E-state index in [9.17, 15) is 15.0 Å². The van der Waals surface area contributed by atoms with E-state index in [0.717, 1.165) is 44.1 Å². The molecule has 3 N–H and O–H groups in total. The summed E-state index contributed by atoms with van der Waals surface area (Å²) in [6, 6.07) is 4.79. The van der Waals surface area contributed by atoms with Crippen LogP contribution in [0.4, 0.5) is 0 Å². The first-order chi connectivity index (χ1) is 19.6. The van der Waals surface area contributed by atoms with Gasteiger partial charge in [-0.05, 0) is 133 Å². The number of fused-ring (bicyclic) bond motifs is 9. The number of hydrogen-bond acceptors (Lipinski definition) is 4. The number of nitrogens with one attached hydrogen (secondary N) is 1. The average molecular weight is 572 g/mol. The second-order valence-electron chi connectivity index (χ2n) is 15.1. The number of aliphatic hydroxyl groups is 2. The largest absolute Gasteiger partial charge is 0.387 e. The quantitative estimate of drug-likeness (QED) is 0.339. The molecule has 3 aliphatic carbocycles. The Hall–Kier alpha value is -2.47. The second kappa shape index (κ2) is 9.77. The fourth-order valence-electron chi connectivity index (χ4n) is 9.01. The van der Waals surface area contributed by atoms with E-state index in [-0.39, 0.29) is 17.3 Å². The first-order valence-electron chi connectivity index (χ1n) is 15.9. The zero-order chi connectivity index (χ0) is 30.4. The van der Waals surface area contributed by atoms with Gasteiger partial charge in [0, 0.05) is 27.4 Å². The maximum absolute atomic E-state index is 13.2. The maximum atomic E-state index is 13.2. The smallest absolute Gasteiger partial charge is 0.187 e. The van der Waals surface area contributed by atoms with Crippen molar-refractivity contribution in [2.75, 3.05) is 0 Å². The molecule has 2 heterocycles. The van der Waals surface area contributed by atoms with E-state index in [4.69, 9.17) is 4.74 Å². The van der Waals surface area contributed by atoms with Crippen molar-refractivity contribution in [3.05, 3.63) is 69.5 Å². The zero-order valence-electron chi connectivity index (χ0n) is 26.8. The lowest BCUT2D eigenvalue weighted by Gasteiger charge is -2.64. The molecule has 6 rings (SSSR count). The third-order valence-electron chi connectivity index (χ3n) is 11.6. The van der Waals surface area contributed by atoms with Crippen LogP contribution in [0, 0.1) is 11.3 Å². The molecule has 1 aromatic carbocycles. The van der Waals surface area contributed by atoms with Gasteiger partial charge >= 0.3 is 0 Å². The Labute approximate surface area is 251 Å². The number of carbonyl (C=O) groups is 1. The van der Waals surface area contributed by atoms with Crippen molar-refractivity contribution in [1.29, 1.82) is 0 Å². The van der Waals surface area contributed by atoms with Gasteiger partial charge in [-0.25, -0.2) is 0 Å². The third-order valence-corrected chi connectivity index (χ3v) is 11.6. The summed E-state index contributed by atoms with van der Waals surface area (Å²) in [5.74, 6) is 0.172. The molecule has 2 fully saturated rings. The van der Waals surface area contributed by atoms with Gasteiger partial charge in [-0.15, -0.1) is 0 Å². The van der Waals surface area contributed by atoms with Gasteiger partial charge in [0.1, 0.15) is 6.10 Å². The molecule has 0 saturated heterocycles. The van der Waals surface area contributed by atoms with E-state index in [0.29, 0.717) is 12.3 Å². The number of ketones is 1. The van der Waals surface area contributed by atoms with Gasteiger partial charge in [0.15, 0.2) is 5.78 Å². The monoisotopic (exact) mass is 571 g/mol. The molecule has 1 aromatic heterocycles. The lowest BCUT2D eigenvalue weighted by molar-refractivity contribution is -0.195. The van der Waals surface area contributed by atoms with Crippen molar-refractivity contribution in [2.45, 2.75) is 129 Å². The summed E-state index contributed by atoms with van der Waals surface area (Å²) in [6.07, 6.45) is 10.9. The van der Waals surface area contributed by atoms with Crippen molar-refractivity contribution in [1.82, 2.24) is 4.98 Å². The lowest BCUT2D eigenvalue weighted by Crippen LogP contribution is -2.68. The number of rotatable bonds is 5. The van der Waals surface area contributed by atoms with Crippen LogP contribution in [0.25, 0.3) is 10.9 Å². The summed E-state index contributed by atoms with van der Waals surface area (Å²) in [5, 5.41) is 24.6. The Morgan fingerprint density at radius 1 is 1.05 bits per heavy atom. The second-order valence-corrected chi connectivity index (χ2v) is 15.1. The van der Waals surface area contributed by atoms with Gasteiger partial charge in [-0.3, -0.25) is 4.79 Å². The van der Waals surface area contributed by atoms with E-state index in [1.807, 2.05) is 0 Å². The summed E-state index contributed by atoms with van der Waals surface area (Å²) in [4.78, 5) is 17.1. The average Bonchev–Trinajstić information content (AvgIpc) is 3.40. The Kier molecular flexibility index (Phi) is 6.88. The molecule has 4 aliphatic rings. The first kappa shape index (κ1) is 29.6. The van der Waals surface area contributed by atoms with Gasteiger partial charge in [0.2, 0.25) is 0 Å². The van der Waals surface area contributed by atoms with Crippen LogP contribution in [0.5, 0.6) is 0 Å². The molecule has 0 amide bonds. The lowest BCUT2D eigenvalue weighted by atomic mass is 9.42. The molecule has 0 radical (unpaired) electrons. The van der Waals surface area contributed by atoms with Crippen LogP contribution in [0.2, 0.25) is 0 Å². The molecule has 0 spiro atoms. The van der Waals surface area contributed by atoms with E-state index in [2.05, 4.69) is 70.8 Å². The van der Waals surface area contributed by atoms with E-state index in [1.165, 1.54) is 44.4 Å².